The zero-order valence-corrected chi connectivity index (χ0v) is 12.9. The van der Waals surface area contributed by atoms with Crippen molar-refractivity contribution in [3.05, 3.63) is 35.6 Å². The van der Waals surface area contributed by atoms with Crippen LogP contribution in [-0.4, -0.2) is 32.3 Å². The summed E-state index contributed by atoms with van der Waals surface area (Å²) in [4.78, 5) is 11.7. The van der Waals surface area contributed by atoms with Crippen LogP contribution in [0.4, 0.5) is 9.18 Å². The molecular formula is C17H23FN2O2. The summed E-state index contributed by atoms with van der Waals surface area (Å²) in [6.45, 7) is 4.48. The van der Waals surface area contributed by atoms with E-state index in [0.717, 1.165) is 31.5 Å². The number of hydrogen-bond donors (Lipinski definition) is 2. The van der Waals surface area contributed by atoms with Crippen LogP contribution in [0, 0.1) is 17.7 Å². The molecule has 2 aliphatic rings. The van der Waals surface area contributed by atoms with Crippen molar-refractivity contribution in [2.75, 3.05) is 26.2 Å². The number of ether oxygens (including phenoxy) is 1. The van der Waals surface area contributed by atoms with Crippen LogP contribution < -0.4 is 10.6 Å². The first-order valence-corrected chi connectivity index (χ1v) is 8.06. The maximum Gasteiger partial charge on any atom is 0.407 e. The lowest BCUT2D eigenvalue weighted by Gasteiger charge is -2.22. The zero-order chi connectivity index (χ0) is 15.6. The van der Waals surface area contributed by atoms with E-state index in [9.17, 15) is 9.18 Å². The Balaban J connectivity index is 1.84. The fourth-order valence-electron chi connectivity index (χ4n) is 4.16. The van der Waals surface area contributed by atoms with E-state index in [1.54, 1.807) is 13.0 Å². The quantitative estimate of drug-likeness (QED) is 0.898. The third kappa shape index (κ3) is 2.58. The van der Waals surface area contributed by atoms with Gasteiger partial charge in [0.15, 0.2) is 0 Å². The summed E-state index contributed by atoms with van der Waals surface area (Å²) in [5.74, 6) is 0.664. The van der Waals surface area contributed by atoms with Crippen LogP contribution in [0.15, 0.2) is 24.3 Å². The van der Waals surface area contributed by atoms with Gasteiger partial charge in [-0.25, -0.2) is 9.18 Å². The summed E-state index contributed by atoms with van der Waals surface area (Å²) >= 11 is 0. The lowest BCUT2D eigenvalue weighted by molar-refractivity contribution is 0.150. The topological polar surface area (TPSA) is 50.4 Å². The fraction of sp³-hybridized carbons (Fsp3) is 0.588. The van der Waals surface area contributed by atoms with Gasteiger partial charge in [0.2, 0.25) is 0 Å². The summed E-state index contributed by atoms with van der Waals surface area (Å²) in [6.07, 6.45) is 1.62. The van der Waals surface area contributed by atoms with E-state index >= 15 is 0 Å². The SMILES string of the molecule is CCOC(=O)NCC1(c2ccccc2F)[C@@H]2CCNCC[C@@H]21. The van der Waals surface area contributed by atoms with E-state index in [4.69, 9.17) is 4.74 Å². The van der Waals surface area contributed by atoms with Gasteiger partial charge in [0.05, 0.1) is 6.61 Å². The normalized spacial score (nSPS) is 30.1. The summed E-state index contributed by atoms with van der Waals surface area (Å²) in [7, 11) is 0. The van der Waals surface area contributed by atoms with Crippen molar-refractivity contribution in [1.29, 1.82) is 0 Å². The molecule has 1 aliphatic carbocycles. The van der Waals surface area contributed by atoms with Crippen molar-refractivity contribution in [3.63, 3.8) is 0 Å². The Morgan fingerprint density at radius 2 is 2.05 bits per heavy atom. The van der Waals surface area contributed by atoms with Crippen LogP contribution in [0.25, 0.3) is 0 Å². The molecule has 22 heavy (non-hydrogen) atoms. The molecule has 1 heterocycles. The molecule has 1 aromatic carbocycles. The number of benzene rings is 1. The first kappa shape index (κ1) is 15.3. The predicted octanol–water partition coefficient (Wildman–Crippen LogP) is 2.44. The van der Waals surface area contributed by atoms with E-state index in [1.165, 1.54) is 6.07 Å². The Hall–Kier alpha value is -1.62. The van der Waals surface area contributed by atoms with Crippen molar-refractivity contribution in [1.82, 2.24) is 10.6 Å². The average Bonchev–Trinajstić information content (AvgIpc) is 3.18. The van der Waals surface area contributed by atoms with Gasteiger partial charge in [-0.2, -0.15) is 0 Å². The van der Waals surface area contributed by atoms with Gasteiger partial charge in [-0.15, -0.1) is 0 Å². The van der Waals surface area contributed by atoms with Gasteiger partial charge in [-0.1, -0.05) is 18.2 Å². The molecule has 1 aliphatic heterocycles. The minimum absolute atomic E-state index is 0.172. The Morgan fingerprint density at radius 1 is 1.36 bits per heavy atom. The van der Waals surface area contributed by atoms with E-state index < -0.39 is 6.09 Å². The second-order valence-corrected chi connectivity index (χ2v) is 6.13. The predicted molar refractivity (Wildman–Crippen MR) is 82.2 cm³/mol. The number of rotatable bonds is 4. The Morgan fingerprint density at radius 3 is 2.68 bits per heavy atom. The molecule has 1 saturated carbocycles. The molecule has 1 aromatic rings. The lowest BCUT2D eigenvalue weighted by Crippen LogP contribution is -2.36. The van der Waals surface area contributed by atoms with Gasteiger partial charge in [0.1, 0.15) is 5.82 Å². The number of carbonyl (C=O) groups excluding carboxylic acids is 1. The molecule has 120 valence electrons. The van der Waals surface area contributed by atoms with Crippen molar-refractivity contribution in [2.24, 2.45) is 11.8 Å². The van der Waals surface area contributed by atoms with Gasteiger partial charge in [0, 0.05) is 12.0 Å². The molecule has 0 spiro atoms. The monoisotopic (exact) mass is 306 g/mol. The van der Waals surface area contributed by atoms with E-state index in [2.05, 4.69) is 10.6 Å². The van der Waals surface area contributed by atoms with Crippen LogP contribution in [0.3, 0.4) is 0 Å². The van der Waals surface area contributed by atoms with Crippen molar-refractivity contribution >= 4 is 6.09 Å². The van der Waals surface area contributed by atoms with Crippen molar-refractivity contribution in [3.8, 4) is 0 Å². The zero-order valence-electron chi connectivity index (χ0n) is 12.9. The number of fused-ring (bicyclic) bond motifs is 1. The van der Waals surface area contributed by atoms with E-state index in [0.29, 0.717) is 25.0 Å². The van der Waals surface area contributed by atoms with Gasteiger partial charge in [-0.3, -0.25) is 0 Å². The van der Waals surface area contributed by atoms with Crippen LogP contribution in [-0.2, 0) is 10.2 Å². The molecule has 2 N–H and O–H groups in total. The van der Waals surface area contributed by atoms with Crippen LogP contribution in [0.5, 0.6) is 0 Å². The van der Waals surface area contributed by atoms with E-state index in [1.807, 2.05) is 12.1 Å². The maximum absolute atomic E-state index is 14.4. The van der Waals surface area contributed by atoms with Crippen molar-refractivity contribution in [2.45, 2.75) is 25.2 Å². The Kier molecular flexibility index (Phi) is 4.34. The molecule has 3 atom stereocenters. The minimum Gasteiger partial charge on any atom is -0.450 e. The molecule has 4 nitrogen and oxygen atoms in total. The highest BCUT2D eigenvalue weighted by Gasteiger charge is 2.65. The fourth-order valence-corrected chi connectivity index (χ4v) is 4.16. The average molecular weight is 306 g/mol. The first-order valence-electron chi connectivity index (χ1n) is 8.06. The largest absolute Gasteiger partial charge is 0.450 e. The van der Waals surface area contributed by atoms with Gasteiger partial charge < -0.3 is 15.4 Å². The molecule has 0 bridgehead atoms. The molecule has 0 radical (unpaired) electrons. The summed E-state index contributed by atoms with van der Waals surface area (Å²) in [6, 6.07) is 6.97. The second kappa shape index (κ2) is 6.24. The Bertz CT molecular complexity index is 537. The third-order valence-corrected chi connectivity index (χ3v) is 5.14. The smallest absolute Gasteiger partial charge is 0.407 e. The number of halogens is 1. The van der Waals surface area contributed by atoms with Crippen LogP contribution in [0.2, 0.25) is 0 Å². The van der Waals surface area contributed by atoms with Crippen LogP contribution in [0.1, 0.15) is 25.3 Å². The third-order valence-electron chi connectivity index (χ3n) is 5.14. The molecule has 0 aromatic heterocycles. The van der Waals surface area contributed by atoms with Gasteiger partial charge in [-0.05, 0) is 56.3 Å². The number of nitrogens with one attached hydrogen (secondary N) is 2. The van der Waals surface area contributed by atoms with Crippen LogP contribution >= 0.6 is 0 Å². The number of carbonyl (C=O) groups is 1. The van der Waals surface area contributed by atoms with E-state index in [-0.39, 0.29) is 11.2 Å². The lowest BCUT2D eigenvalue weighted by atomic mass is 9.89. The molecular weight excluding hydrogens is 283 g/mol. The summed E-state index contributed by atoms with van der Waals surface area (Å²) in [5, 5.41) is 6.23. The van der Waals surface area contributed by atoms with Gasteiger partial charge in [0.25, 0.3) is 0 Å². The summed E-state index contributed by atoms with van der Waals surface area (Å²) in [5.41, 5.74) is 0.462. The highest BCUT2D eigenvalue weighted by Crippen LogP contribution is 2.63. The standard InChI is InChI=1S/C17H23FN2O2/c1-2-22-16(21)20-11-17(14-5-3-4-6-15(14)18)12-7-9-19-10-8-13(12)17/h3-6,12-13,19H,2,7-11H2,1H3,(H,20,21)/t12-,13+,17?. The number of alkyl carbamates (subject to hydrolysis) is 1. The Labute approximate surface area is 130 Å². The first-order chi connectivity index (χ1) is 10.7. The summed E-state index contributed by atoms with van der Waals surface area (Å²) < 4.78 is 19.3. The molecule has 3 rings (SSSR count). The number of hydrogen-bond acceptors (Lipinski definition) is 3. The minimum atomic E-state index is -0.419. The molecule has 1 saturated heterocycles. The highest BCUT2D eigenvalue weighted by atomic mass is 19.1. The molecule has 2 fully saturated rings. The molecule has 1 amide bonds. The van der Waals surface area contributed by atoms with Crippen molar-refractivity contribution < 1.29 is 13.9 Å². The molecule has 1 unspecified atom stereocenters. The maximum atomic E-state index is 14.4. The second-order valence-electron chi connectivity index (χ2n) is 6.13. The highest BCUT2D eigenvalue weighted by molar-refractivity contribution is 5.67. The van der Waals surface area contributed by atoms with Gasteiger partial charge >= 0.3 is 6.09 Å². The number of amides is 1. The molecule has 5 heteroatoms.